The molecule has 1 aliphatic carbocycles. The summed E-state index contributed by atoms with van der Waals surface area (Å²) in [6, 6.07) is 0. The number of nitrogens with one attached hydrogen (secondary N) is 2. The van der Waals surface area contributed by atoms with Gasteiger partial charge in [0.1, 0.15) is 0 Å². The highest BCUT2D eigenvalue weighted by molar-refractivity contribution is 5.90. The van der Waals surface area contributed by atoms with Gasteiger partial charge in [0.2, 0.25) is 0 Å². The second kappa shape index (κ2) is 3.93. The molecule has 7 heteroatoms. The van der Waals surface area contributed by atoms with Crippen molar-refractivity contribution in [1.82, 2.24) is 25.9 Å². The average molecular weight is 211 g/mol. The minimum atomic E-state index is -0.327. The maximum atomic E-state index is 11.5. The second-order valence-electron chi connectivity index (χ2n) is 3.66. The van der Waals surface area contributed by atoms with Gasteiger partial charge < -0.3 is 10.1 Å². The molecule has 2 rings (SSSR count). The van der Waals surface area contributed by atoms with Gasteiger partial charge in [-0.2, -0.15) is 5.21 Å². The number of tetrazole rings is 1. The van der Waals surface area contributed by atoms with Gasteiger partial charge in [0.15, 0.2) is 0 Å². The van der Waals surface area contributed by atoms with Crippen molar-refractivity contribution in [2.45, 2.75) is 24.9 Å². The zero-order valence-electron chi connectivity index (χ0n) is 8.49. The monoisotopic (exact) mass is 211 g/mol. The lowest BCUT2D eigenvalue weighted by atomic mass is 9.80. The first-order valence-electron chi connectivity index (χ1n) is 4.83. The minimum absolute atomic E-state index is 0.0561. The molecular weight excluding hydrogens is 198 g/mol. The first kappa shape index (κ1) is 10.0. The molecule has 0 aromatic carbocycles. The Hall–Kier alpha value is -1.50. The molecule has 1 fully saturated rings. The van der Waals surface area contributed by atoms with Gasteiger partial charge in [0, 0.05) is 13.7 Å². The summed E-state index contributed by atoms with van der Waals surface area (Å²) in [6.07, 6.45) is 3.11. The summed E-state index contributed by atoms with van der Waals surface area (Å²) in [6.45, 7) is 0.497. The van der Waals surface area contributed by atoms with E-state index < -0.39 is 0 Å². The molecule has 0 saturated heterocycles. The van der Waals surface area contributed by atoms with Gasteiger partial charge in [-0.3, -0.25) is 4.79 Å². The number of carbonyl (C=O) groups excluding carboxylic acids is 1. The number of hydrogen-bond donors (Lipinski definition) is 2. The van der Waals surface area contributed by atoms with Crippen molar-refractivity contribution in [3.63, 3.8) is 0 Å². The van der Waals surface area contributed by atoms with E-state index in [1.807, 2.05) is 0 Å². The fraction of sp³-hybridized carbons (Fsp3) is 0.750. The highest BCUT2D eigenvalue weighted by Crippen LogP contribution is 2.34. The van der Waals surface area contributed by atoms with Crippen LogP contribution >= 0.6 is 0 Å². The van der Waals surface area contributed by atoms with E-state index in [9.17, 15) is 4.79 Å². The number of methoxy groups -OCH3 is 1. The van der Waals surface area contributed by atoms with E-state index in [1.165, 1.54) is 0 Å². The van der Waals surface area contributed by atoms with Gasteiger partial charge in [-0.1, -0.05) is 0 Å². The molecular formula is C8H13N5O2. The van der Waals surface area contributed by atoms with Gasteiger partial charge in [-0.25, -0.2) is 0 Å². The molecule has 1 heterocycles. The van der Waals surface area contributed by atoms with Crippen LogP contribution in [-0.4, -0.2) is 45.8 Å². The highest BCUT2D eigenvalue weighted by atomic mass is 16.5. The van der Waals surface area contributed by atoms with Gasteiger partial charge in [0.05, 0.1) is 5.60 Å². The third kappa shape index (κ3) is 1.96. The number of amides is 1. The molecule has 0 atom stereocenters. The Morgan fingerprint density at radius 2 is 2.47 bits per heavy atom. The first-order valence-corrected chi connectivity index (χ1v) is 4.83. The van der Waals surface area contributed by atoms with Crippen molar-refractivity contribution in [2.24, 2.45) is 0 Å². The van der Waals surface area contributed by atoms with E-state index in [0.717, 1.165) is 19.3 Å². The van der Waals surface area contributed by atoms with Crippen LogP contribution in [0.5, 0.6) is 0 Å². The SMILES string of the molecule is COC1(CNC(=O)c2nn[nH]n2)CCC1. The number of H-pyrrole nitrogens is 1. The number of hydrogen-bond acceptors (Lipinski definition) is 5. The van der Waals surface area contributed by atoms with E-state index in [2.05, 4.69) is 25.9 Å². The molecule has 1 saturated carbocycles. The topological polar surface area (TPSA) is 92.8 Å². The Morgan fingerprint density at radius 3 is 2.93 bits per heavy atom. The van der Waals surface area contributed by atoms with E-state index in [-0.39, 0.29) is 17.3 Å². The maximum absolute atomic E-state index is 11.5. The maximum Gasteiger partial charge on any atom is 0.292 e. The van der Waals surface area contributed by atoms with Crippen LogP contribution in [0.3, 0.4) is 0 Å². The predicted octanol–water partition coefficient (Wildman–Crippen LogP) is -0.501. The van der Waals surface area contributed by atoms with Crippen molar-refractivity contribution < 1.29 is 9.53 Å². The molecule has 0 spiro atoms. The predicted molar refractivity (Wildman–Crippen MR) is 50.1 cm³/mol. The minimum Gasteiger partial charge on any atom is -0.376 e. The van der Waals surface area contributed by atoms with Crippen molar-refractivity contribution in [3.8, 4) is 0 Å². The molecule has 1 aromatic heterocycles. The molecule has 1 aliphatic rings. The molecule has 2 N–H and O–H groups in total. The Morgan fingerprint density at radius 1 is 1.67 bits per heavy atom. The van der Waals surface area contributed by atoms with Crippen LogP contribution in [0, 0.1) is 0 Å². The Balaban J connectivity index is 1.85. The molecule has 7 nitrogen and oxygen atoms in total. The molecule has 1 amide bonds. The molecule has 0 aliphatic heterocycles. The summed E-state index contributed by atoms with van der Waals surface area (Å²) < 4.78 is 5.36. The molecule has 15 heavy (non-hydrogen) atoms. The smallest absolute Gasteiger partial charge is 0.292 e. The lowest BCUT2D eigenvalue weighted by Gasteiger charge is -2.40. The third-order valence-electron chi connectivity index (χ3n) is 2.82. The van der Waals surface area contributed by atoms with Crippen LogP contribution in [0.1, 0.15) is 29.9 Å². The summed E-state index contributed by atoms with van der Waals surface area (Å²) in [5.41, 5.74) is -0.181. The van der Waals surface area contributed by atoms with Gasteiger partial charge in [0.25, 0.3) is 11.7 Å². The normalized spacial score (nSPS) is 18.2. The summed E-state index contributed by atoms with van der Waals surface area (Å²) >= 11 is 0. The van der Waals surface area contributed by atoms with Crippen LogP contribution in [0.25, 0.3) is 0 Å². The lowest BCUT2D eigenvalue weighted by Crippen LogP contribution is -2.49. The fourth-order valence-corrected chi connectivity index (χ4v) is 1.60. The zero-order chi connectivity index (χ0) is 10.7. The van der Waals surface area contributed by atoms with E-state index in [1.54, 1.807) is 7.11 Å². The second-order valence-corrected chi connectivity index (χ2v) is 3.66. The largest absolute Gasteiger partial charge is 0.376 e. The first-order chi connectivity index (χ1) is 7.26. The summed E-state index contributed by atoms with van der Waals surface area (Å²) in [5, 5.41) is 15.4. The standard InChI is InChI=1S/C8H13N5O2/c1-15-8(3-2-4-8)5-9-7(14)6-10-12-13-11-6/h2-5H2,1H3,(H,9,14)(H,10,11,12,13). The number of rotatable bonds is 4. The van der Waals surface area contributed by atoms with Crippen LogP contribution < -0.4 is 5.32 Å². The lowest BCUT2D eigenvalue weighted by molar-refractivity contribution is -0.0679. The van der Waals surface area contributed by atoms with Crippen molar-refractivity contribution in [2.75, 3.05) is 13.7 Å². The molecule has 0 unspecified atom stereocenters. The Labute approximate surface area is 86.6 Å². The zero-order valence-corrected chi connectivity index (χ0v) is 8.49. The molecule has 0 radical (unpaired) electrons. The van der Waals surface area contributed by atoms with Crippen LogP contribution in [-0.2, 0) is 4.74 Å². The summed E-state index contributed by atoms with van der Waals surface area (Å²) in [4.78, 5) is 11.5. The summed E-state index contributed by atoms with van der Waals surface area (Å²) in [5.74, 6) is -0.271. The van der Waals surface area contributed by atoms with Crippen LogP contribution in [0.2, 0.25) is 0 Å². The van der Waals surface area contributed by atoms with E-state index in [4.69, 9.17) is 4.74 Å². The van der Waals surface area contributed by atoms with E-state index in [0.29, 0.717) is 6.54 Å². The average Bonchev–Trinajstić information content (AvgIpc) is 2.69. The fourth-order valence-electron chi connectivity index (χ4n) is 1.60. The van der Waals surface area contributed by atoms with Gasteiger partial charge >= 0.3 is 0 Å². The summed E-state index contributed by atoms with van der Waals surface area (Å²) in [7, 11) is 1.67. The van der Waals surface area contributed by atoms with Gasteiger partial charge in [-0.05, 0) is 24.5 Å². The highest BCUT2D eigenvalue weighted by Gasteiger charge is 2.37. The van der Waals surface area contributed by atoms with Crippen LogP contribution in [0.4, 0.5) is 0 Å². The van der Waals surface area contributed by atoms with Crippen molar-refractivity contribution in [1.29, 1.82) is 0 Å². The number of nitrogens with zero attached hydrogens (tertiary/aromatic N) is 3. The van der Waals surface area contributed by atoms with Crippen molar-refractivity contribution in [3.05, 3.63) is 5.82 Å². The Bertz CT molecular complexity index is 327. The molecule has 1 aromatic rings. The van der Waals surface area contributed by atoms with Crippen LogP contribution in [0.15, 0.2) is 0 Å². The van der Waals surface area contributed by atoms with Crippen molar-refractivity contribution >= 4 is 5.91 Å². The third-order valence-corrected chi connectivity index (χ3v) is 2.82. The molecule has 82 valence electrons. The van der Waals surface area contributed by atoms with E-state index >= 15 is 0 Å². The number of ether oxygens (including phenoxy) is 1. The number of carbonyl (C=O) groups is 1. The quantitative estimate of drug-likeness (QED) is 0.700. The van der Waals surface area contributed by atoms with Gasteiger partial charge in [-0.15, -0.1) is 10.2 Å². The molecule has 0 bridgehead atoms. The number of aromatic nitrogens is 4. The number of aromatic amines is 1. The Kier molecular flexibility index (Phi) is 2.63.